The number of rotatable bonds is 4. The minimum Gasteiger partial charge on any atom is -0.329 e. The Bertz CT molecular complexity index is 371. The second-order valence-corrected chi connectivity index (χ2v) is 4.62. The monoisotopic (exact) mass is 259 g/mol. The number of aldehydes is 1. The summed E-state index contributed by atoms with van der Waals surface area (Å²) in [6.07, 6.45) is 0.000972. The number of halogens is 1. The first kappa shape index (κ1) is 14.4. The molecule has 1 rings (SSSR count). The van der Waals surface area contributed by atoms with E-state index in [2.05, 4.69) is 10.4 Å². The number of alkyl halides is 1. The van der Waals surface area contributed by atoms with Gasteiger partial charge in [-0.1, -0.05) is 6.92 Å². The highest BCUT2D eigenvalue weighted by Gasteiger charge is 2.37. The molecule has 0 aromatic carbocycles. The highest BCUT2D eigenvalue weighted by Crippen LogP contribution is 2.15. The molecule has 0 fully saturated rings. The molecule has 102 valence electrons. The molecular weight excluding hydrogens is 241 g/mol. The van der Waals surface area contributed by atoms with Crippen LogP contribution < -0.4 is 11.2 Å². The van der Waals surface area contributed by atoms with Crippen LogP contribution in [0.3, 0.4) is 0 Å². The molecule has 1 atom stereocenters. The molecule has 1 heterocycles. The van der Waals surface area contributed by atoms with E-state index >= 15 is 0 Å². The topological polar surface area (TPSA) is 91.0 Å². The summed E-state index contributed by atoms with van der Waals surface area (Å²) in [4.78, 5) is 22.8. The fraction of sp³-hybridized carbons (Fsp3) is 0.700. The third-order valence-electron chi connectivity index (χ3n) is 2.48. The molecule has 0 saturated carbocycles. The summed E-state index contributed by atoms with van der Waals surface area (Å²) in [5.41, 5.74) is -1.02. The second-order valence-electron chi connectivity index (χ2n) is 4.62. The fourth-order valence-corrected chi connectivity index (χ4v) is 1.43. The molecule has 3 N–H and O–H groups in total. The number of amides is 2. The number of carbonyl (C=O) groups excluding carboxylic acids is 2. The standard InChI is InChI=1S/C10H18FN5O2/c1-4-7-14-16(8(5-17)15(7)12)9(18)13-10(2,3)6-11/h5,8H,4,6,12H2,1-3H3,(H,13,18). The molecule has 0 spiro atoms. The first-order chi connectivity index (χ1) is 8.36. The van der Waals surface area contributed by atoms with Gasteiger partial charge in [0.05, 0.1) is 5.54 Å². The van der Waals surface area contributed by atoms with E-state index in [0.29, 0.717) is 18.5 Å². The maximum atomic E-state index is 12.6. The number of hydrogen-bond acceptors (Lipinski definition) is 5. The van der Waals surface area contributed by atoms with Gasteiger partial charge in [-0.3, -0.25) is 9.80 Å². The molecule has 0 saturated heterocycles. The average Bonchev–Trinajstić information content (AvgIpc) is 2.65. The van der Waals surface area contributed by atoms with Gasteiger partial charge in [0.25, 0.3) is 0 Å². The van der Waals surface area contributed by atoms with E-state index < -0.39 is 24.4 Å². The summed E-state index contributed by atoms with van der Waals surface area (Å²) in [6, 6.07) is -0.659. The Kier molecular flexibility index (Phi) is 4.23. The van der Waals surface area contributed by atoms with Gasteiger partial charge in [-0.25, -0.2) is 15.0 Å². The van der Waals surface area contributed by atoms with E-state index in [1.807, 2.05) is 0 Å². The molecule has 2 amide bonds. The lowest BCUT2D eigenvalue weighted by Crippen LogP contribution is -2.55. The van der Waals surface area contributed by atoms with Crippen molar-refractivity contribution < 1.29 is 14.0 Å². The maximum Gasteiger partial charge on any atom is 0.340 e. The highest BCUT2D eigenvalue weighted by atomic mass is 19.1. The molecule has 1 unspecified atom stereocenters. The van der Waals surface area contributed by atoms with Gasteiger partial charge in [-0.15, -0.1) is 0 Å². The van der Waals surface area contributed by atoms with Crippen molar-refractivity contribution in [3.05, 3.63) is 0 Å². The summed E-state index contributed by atoms with van der Waals surface area (Å²) >= 11 is 0. The summed E-state index contributed by atoms with van der Waals surface area (Å²) in [6.45, 7) is 4.13. The SMILES string of the molecule is CCC1=NN(C(=O)NC(C)(C)CF)C(C=O)N1N. The Morgan fingerprint density at radius 3 is 2.72 bits per heavy atom. The predicted octanol–water partition coefficient (Wildman–Crippen LogP) is 0.184. The van der Waals surface area contributed by atoms with Crippen molar-refractivity contribution in [3.8, 4) is 0 Å². The normalized spacial score (nSPS) is 19.8. The van der Waals surface area contributed by atoms with E-state index in [4.69, 9.17) is 5.84 Å². The fourth-order valence-electron chi connectivity index (χ4n) is 1.43. The van der Waals surface area contributed by atoms with Crippen LogP contribution in [0, 0.1) is 0 Å². The summed E-state index contributed by atoms with van der Waals surface area (Å²) in [5, 5.41) is 8.42. The Morgan fingerprint density at radius 1 is 1.67 bits per heavy atom. The number of amidine groups is 1. The summed E-state index contributed by atoms with van der Waals surface area (Å²) in [5.74, 6) is 6.06. The van der Waals surface area contributed by atoms with Crippen LogP contribution in [0.2, 0.25) is 0 Å². The Hall–Kier alpha value is -1.70. The molecule has 0 aliphatic carbocycles. The van der Waals surface area contributed by atoms with E-state index in [1.165, 1.54) is 13.8 Å². The second kappa shape index (κ2) is 5.30. The number of hydrazine groups is 1. The van der Waals surface area contributed by atoms with Gasteiger partial charge in [0.2, 0.25) is 0 Å². The zero-order valence-electron chi connectivity index (χ0n) is 10.7. The number of urea groups is 1. The van der Waals surface area contributed by atoms with Crippen molar-refractivity contribution in [1.29, 1.82) is 0 Å². The van der Waals surface area contributed by atoms with Crippen LogP contribution in [0.5, 0.6) is 0 Å². The molecular formula is C10H18FN5O2. The Balaban J connectivity index is 2.85. The molecule has 0 radical (unpaired) electrons. The molecule has 0 aromatic rings. The third kappa shape index (κ3) is 2.76. The molecule has 0 aromatic heterocycles. The van der Waals surface area contributed by atoms with Crippen LogP contribution in [-0.2, 0) is 4.79 Å². The minimum absolute atomic E-state index is 0.417. The number of hydrazone groups is 1. The van der Waals surface area contributed by atoms with Gasteiger partial charge in [-0.2, -0.15) is 10.1 Å². The van der Waals surface area contributed by atoms with Crippen molar-refractivity contribution in [2.75, 3.05) is 6.67 Å². The van der Waals surface area contributed by atoms with Gasteiger partial charge >= 0.3 is 6.03 Å². The van der Waals surface area contributed by atoms with Crippen molar-refractivity contribution in [1.82, 2.24) is 15.3 Å². The van der Waals surface area contributed by atoms with Gasteiger partial charge < -0.3 is 5.32 Å². The molecule has 0 bridgehead atoms. The zero-order valence-corrected chi connectivity index (χ0v) is 10.7. The van der Waals surface area contributed by atoms with Gasteiger partial charge in [0.1, 0.15) is 12.5 Å². The van der Waals surface area contributed by atoms with Gasteiger partial charge in [0, 0.05) is 6.42 Å². The van der Waals surface area contributed by atoms with Crippen LogP contribution in [-0.4, -0.2) is 46.6 Å². The van der Waals surface area contributed by atoms with Crippen LogP contribution in [0.25, 0.3) is 0 Å². The van der Waals surface area contributed by atoms with Crippen molar-refractivity contribution in [2.24, 2.45) is 10.9 Å². The Morgan fingerprint density at radius 2 is 2.28 bits per heavy atom. The predicted molar refractivity (Wildman–Crippen MR) is 64.0 cm³/mol. The summed E-state index contributed by atoms with van der Waals surface area (Å²) < 4.78 is 12.6. The lowest BCUT2D eigenvalue weighted by Gasteiger charge is -2.27. The average molecular weight is 259 g/mol. The van der Waals surface area contributed by atoms with Crippen molar-refractivity contribution in [2.45, 2.75) is 38.9 Å². The smallest absolute Gasteiger partial charge is 0.329 e. The number of nitrogens with one attached hydrogen (secondary N) is 1. The first-order valence-electron chi connectivity index (χ1n) is 5.60. The third-order valence-corrected chi connectivity index (χ3v) is 2.48. The molecule has 18 heavy (non-hydrogen) atoms. The molecule has 7 nitrogen and oxygen atoms in total. The van der Waals surface area contributed by atoms with E-state index in [-0.39, 0.29) is 0 Å². The molecule has 1 aliphatic rings. The lowest BCUT2D eigenvalue weighted by molar-refractivity contribution is -0.114. The Labute approximate surface area is 105 Å². The van der Waals surface area contributed by atoms with Crippen LogP contribution in [0.4, 0.5) is 9.18 Å². The molecule has 8 heteroatoms. The minimum atomic E-state index is -1.02. The number of carbonyl (C=O) groups is 2. The van der Waals surface area contributed by atoms with E-state index in [1.54, 1.807) is 6.92 Å². The van der Waals surface area contributed by atoms with Crippen molar-refractivity contribution >= 4 is 18.2 Å². The number of nitrogens with two attached hydrogens (primary N) is 1. The molecule has 1 aliphatic heterocycles. The number of hydrogen-bond donors (Lipinski definition) is 2. The van der Waals surface area contributed by atoms with Crippen molar-refractivity contribution in [3.63, 3.8) is 0 Å². The number of nitrogens with zero attached hydrogens (tertiary/aromatic N) is 3. The van der Waals surface area contributed by atoms with Crippen LogP contribution in [0.1, 0.15) is 27.2 Å². The summed E-state index contributed by atoms with van der Waals surface area (Å²) in [7, 11) is 0. The van der Waals surface area contributed by atoms with E-state index in [9.17, 15) is 14.0 Å². The van der Waals surface area contributed by atoms with Crippen LogP contribution >= 0.6 is 0 Å². The van der Waals surface area contributed by atoms with Gasteiger partial charge in [0.15, 0.2) is 12.5 Å². The maximum absolute atomic E-state index is 12.6. The van der Waals surface area contributed by atoms with Crippen LogP contribution in [0.15, 0.2) is 5.10 Å². The quantitative estimate of drug-likeness (QED) is 0.556. The van der Waals surface area contributed by atoms with E-state index in [0.717, 1.165) is 10.0 Å². The lowest BCUT2D eigenvalue weighted by atomic mass is 10.1. The largest absolute Gasteiger partial charge is 0.340 e. The highest BCUT2D eigenvalue weighted by molar-refractivity contribution is 5.90. The first-order valence-corrected chi connectivity index (χ1v) is 5.60. The van der Waals surface area contributed by atoms with Gasteiger partial charge in [-0.05, 0) is 13.8 Å². The zero-order chi connectivity index (χ0) is 13.9.